The van der Waals surface area contributed by atoms with Gasteiger partial charge in [0.15, 0.2) is 0 Å². The molecule has 0 amide bonds. The Morgan fingerprint density at radius 1 is 0.707 bits per heavy atom. The van der Waals surface area contributed by atoms with Gasteiger partial charge >= 0.3 is 0 Å². The topological polar surface area (TPSA) is 45.5 Å². The van der Waals surface area contributed by atoms with E-state index in [4.69, 9.17) is 9.98 Å². The van der Waals surface area contributed by atoms with Crippen LogP contribution < -0.4 is 0 Å². The molecule has 41 heavy (non-hydrogen) atoms. The summed E-state index contributed by atoms with van der Waals surface area (Å²) in [5.41, 5.74) is 14.5. The van der Waals surface area contributed by atoms with Crippen LogP contribution in [0.25, 0.3) is 22.5 Å². The predicted molar refractivity (Wildman–Crippen MR) is 169 cm³/mol. The van der Waals surface area contributed by atoms with Gasteiger partial charge in [-0.25, -0.2) is 4.98 Å². The number of aromatic nitrogens is 1. The summed E-state index contributed by atoms with van der Waals surface area (Å²) in [4.78, 5) is 10.6. The van der Waals surface area contributed by atoms with Crippen LogP contribution in [0.2, 0.25) is 0 Å². The molecule has 0 saturated carbocycles. The third kappa shape index (κ3) is 4.11. The lowest BCUT2D eigenvalue weighted by Gasteiger charge is -2.26. The Labute approximate surface area is 242 Å². The Balaban J connectivity index is 1.46. The number of rotatable bonds is 5. The van der Waals surface area contributed by atoms with Gasteiger partial charge in [0, 0.05) is 17.5 Å². The van der Waals surface area contributed by atoms with Crippen molar-refractivity contribution in [3.8, 4) is 28.3 Å². The van der Waals surface area contributed by atoms with Crippen LogP contribution in [0.4, 0.5) is 5.69 Å². The van der Waals surface area contributed by atoms with Gasteiger partial charge < -0.3 is 5.11 Å². The Hall–Kier alpha value is -4.50. The second-order valence-electron chi connectivity index (χ2n) is 11.9. The van der Waals surface area contributed by atoms with Crippen molar-refractivity contribution in [1.82, 2.24) is 4.98 Å². The van der Waals surface area contributed by atoms with Crippen LogP contribution in [0.15, 0.2) is 102 Å². The van der Waals surface area contributed by atoms with Crippen LogP contribution in [-0.4, -0.2) is 15.8 Å². The van der Waals surface area contributed by atoms with Crippen LogP contribution in [0.1, 0.15) is 84.4 Å². The zero-order chi connectivity index (χ0) is 28.2. The van der Waals surface area contributed by atoms with Gasteiger partial charge in [-0.1, -0.05) is 113 Å². The zero-order valence-corrected chi connectivity index (χ0v) is 24.0. The van der Waals surface area contributed by atoms with E-state index in [0.29, 0.717) is 17.6 Å². The molecule has 1 aliphatic heterocycles. The van der Waals surface area contributed by atoms with Gasteiger partial charge in [0.1, 0.15) is 5.75 Å². The lowest BCUT2D eigenvalue weighted by molar-refractivity contribution is 0.477. The largest absolute Gasteiger partial charge is 0.507 e. The molecule has 1 N–H and O–H groups in total. The van der Waals surface area contributed by atoms with Crippen molar-refractivity contribution in [2.24, 2.45) is 4.99 Å². The molecule has 7 rings (SSSR count). The molecule has 202 valence electrons. The average molecular weight is 535 g/mol. The van der Waals surface area contributed by atoms with Gasteiger partial charge in [0.05, 0.1) is 28.7 Å². The van der Waals surface area contributed by atoms with E-state index >= 15 is 0 Å². The van der Waals surface area contributed by atoms with Gasteiger partial charge in [-0.15, -0.1) is 0 Å². The fraction of sp³-hybridized carbons (Fsp3) is 0.211. The van der Waals surface area contributed by atoms with Gasteiger partial charge in [-0.3, -0.25) is 4.99 Å². The molecule has 1 aromatic heterocycles. The second kappa shape index (κ2) is 9.85. The minimum absolute atomic E-state index is 0.0301. The molecule has 2 heterocycles. The van der Waals surface area contributed by atoms with Crippen molar-refractivity contribution in [3.05, 3.63) is 136 Å². The molecule has 0 spiro atoms. The Morgan fingerprint density at radius 2 is 1.41 bits per heavy atom. The van der Waals surface area contributed by atoms with E-state index in [9.17, 15) is 5.11 Å². The normalized spacial score (nSPS) is 15.2. The summed E-state index contributed by atoms with van der Waals surface area (Å²) in [5, 5.41) is 10.7. The molecular formula is C38H34N2O. The highest BCUT2D eigenvalue weighted by atomic mass is 16.3. The minimum atomic E-state index is 0.0301. The minimum Gasteiger partial charge on any atom is -0.507 e. The Bertz CT molecular complexity index is 1810. The van der Waals surface area contributed by atoms with Crippen LogP contribution in [0, 0.1) is 0 Å². The molecule has 1 unspecified atom stereocenters. The van der Waals surface area contributed by atoms with Crippen molar-refractivity contribution >= 4 is 11.4 Å². The maximum atomic E-state index is 10.7. The fourth-order valence-electron chi connectivity index (χ4n) is 6.74. The molecule has 0 radical (unpaired) electrons. The number of aromatic hydroxyl groups is 1. The molecule has 1 atom stereocenters. The average Bonchev–Trinajstić information content (AvgIpc) is 3.56. The second-order valence-corrected chi connectivity index (χ2v) is 11.9. The van der Waals surface area contributed by atoms with E-state index in [1.54, 1.807) is 6.07 Å². The molecule has 0 fully saturated rings. The summed E-state index contributed by atoms with van der Waals surface area (Å²) in [7, 11) is 0. The molecule has 3 nitrogen and oxygen atoms in total. The number of benzene rings is 4. The third-order valence-corrected chi connectivity index (χ3v) is 8.66. The molecular weight excluding hydrogens is 500 g/mol. The highest BCUT2D eigenvalue weighted by Gasteiger charge is 2.35. The van der Waals surface area contributed by atoms with Crippen LogP contribution >= 0.6 is 0 Å². The third-order valence-electron chi connectivity index (χ3n) is 8.66. The fourth-order valence-corrected chi connectivity index (χ4v) is 6.74. The van der Waals surface area contributed by atoms with Crippen molar-refractivity contribution in [2.75, 3.05) is 0 Å². The van der Waals surface area contributed by atoms with E-state index in [2.05, 4.69) is 113 Å². The maximum Gasteiger partial charge on any atom is 0.125 e. The molecule has 0 saturated heterocycles. The summed E-state index contributed by atoms with van der Waals surface area (Å²) >= 11 is 0. The number of aliphatic imine (C=N–C) groups is 1. The quantitative estimate of drug-likeness (QED) is 0.239. The number of pyridine rings is 1. The molecule has 5 aromatic rings. The summed E-state index contributed by atoms with van der Waals surface area (Å²) in [5.74, 6) is 1.10. The smallest absolute Gasteiger partial charge is 0.125 e. The summed E-state index contributed by atoms with van der Waals surface area (Å²) in [6.45, 7) is 9.15. The van der Waals surface area contributed by atoms with Crippen molar-refractivity contribution < 1.29 is 5.11 Å². The number of phenolic OH excluding ortho intramolecular Hbond substituents is 1. The van der Waals surface area contributed by atoms with Crippen LogP contribution in [0.3, 0.4) is 0 Å². The first kappa shape index (κ1) is 25.5. The molecule has 2 aliphatic rings. The summed E-state index contributed by atoms with van der Waals surface area (Å²) in [6.07, 6.45) is 0.793. The van der Waals surface area contributed by atoms with Gasteiger partial charge in [0.25, 0.3) is 0 Å². The van der Waals surface area contributed by atoms with E-state index in [1.807, 2.05) is 6.07 Å². The van der Waals surface area contributed by atoms with Crippen molar-refractivity contribution in [3.63, 3.8) is 0 Å². The first-order valence-corrected chi connectivity index (χ1v) is 14.6. The zero-order valence-electron chi connectivity index (χ0n) is 24.0. The predicted octanol–water partition coefficient (Wildman–Crippen LogP) is 9.54. The Morgan fingerprint density at radius 3 is 2.15 bits per heavy atom. The monoisotopic (exact) mass is 534 g/mol. The summed E-state index contributed by atoms with van der Waals surface area (Å²) in [6, 6.07) is 34.0. The number of hydrogen-bond acceptors (Lipinski definition) is 3. The first-order valence-electron chi connectivity index (χ1n) is 14.6. The number of para-hydroxylation sites is 1. The number of phenols is 1. The molecule has 0 bridgehead atoms. The van der Waals surface area contributed by atoms with Crippen LogP contribution in [0.5, 0.6) is 5.75 Å². The SMILES string of the molecule is CC(C)c1cccc(C(C)C)c1C1C(c2ccccc2)=Nc2c(-c3ccc4c(n3)-c3c(O)cccc3C4)cccc21. The molecule has 4 aromatic carbocycles. The lowest BCUT2D eigenvalue weighted by Crippen LogP contribution is -2.17. The van der Waals surface area contributed by atoms with E-state index in [-0.39, 0.29) is 5.92 Å². The van der Waals surface area contributed by atoms with Crippen molar-refractivity contribution in [2.45, 2.75) is 51.9 Å². The van der Waals surface area contributed by atoms with Gasteiger partial charge in [-0.05, 0) is 62.9 Å². The van der Waals surface area contributed by atoms with Gasteiger partial charge in [-0.2, -0.15) is 0 Å². The van der Waals surface area contributed by atoms with Gasteiger partial charge in [0.2, 0.25) is 0 Å². The first-order chi connectivity index (χ1) is 19.9. The van der Waals surface area contributed by atoms with E-state index in [1.165, 1.54) is 22.3 Å². The molecule has 1 aliphatic carbocycles. The van der Waals surface area contributed by atoms with Crippen molar-refractivity contribution in [1.29, 1.82) is 0 Å². The van der Waals surface area contributed by atoms with E-state index in [0.717, 1.165) is 57.0 Å². The number of hydrogen-bond donors (Lipinski definition) is 1. The van der Waals surface area contributed by atoms with E-state index < -0.39 is 0 Å². The molecule has 3 heteroatoms. The standard InChI is InChI=1S/C38H34N2O/c1-22(2)27-14-9-15-28(23(3)4)34(27)35-30-17-10-16-29(38(30)40-36(35)24-11-6-5-7-12-24)31-20-19-26-21-25-13-8-18-32(41)33(25)37(26)39-31/h5-20,22-23,35,41H,21H2,1-4H3. The van der Waals surface area contributed by atoms with Crippen LogP contribution in [-0.2, 0) is 6.42 Å². The Kier molecular flexibility index (Phi) is 6.12. The summed E-state index contributed by atoms with van der Waals surface area (Å²) < 4.78 is 0. The number of fused-ring (bicyclic) bond motifs is 4. The number of nitrogens with zero attached hydrogens (tertiary/aromatic N) is 2. The lowest BCUT2D eigenvalue weighted by atomic mass is 9.76. The highest BCUT2D eigenvalue weighted by Crippen LogP contribution is 2.50. The highest BCUT2D eigenvalue weighted by molar-refractivity contribution is 6.13. The maximum absolute atomic E-state index is 10.7.